The lowest BCUT2D eigenvalue weighted by molar-refractivity contribution is -0.116. The molecule has 2 unspecified atom stereocenters. The summed E-state index contributed by atoms with van der Waals surface area (Å²) in [5.74, 6) is 1.37. The highest BCUT2D eigenvalue weighted by atomic mass is 32.2. The van der Waals surface area contributed by atoms with Gasteiger partial charge in [0.15, 0.2) is 5.96 Å². The smallest absolute Gasteiger partial charge is 0.225 e. The normalized spacial score (nSPS) is 18.7. The van der Waals surface area contributed by atoms with Gasteiger partial charge in [-0.25, -0.2) is 0 Å². The topological polar surface area (TPSA) is 82.6 Å². The van der Waals surface area contributed by atoms with Gasteiger partial charge in [-0.2, -0.15) is 0 Å². The van der Waals surface area contributed by atoms with Crippen LogP contribution in [0.25, 0.3) is 0 Å². The monoisotopic (exact) mass is 378 g/mol. The van der Waals surface area contributed by atoms with Gasteiger partial charge >= 0.3 is 0 Å². The van der Waals surface area contributed by atoms with Gasteiger partial charge in [0.05, 0.1) is 6.54 Å². The van der Waals surface area contributed by atoms with E-state index in [1.165, 1.54) is 0 Å². The zero-order chi connectivity index (χ0) is 19.2. The highest BCUT2D eigenvalue weighted by Gasteiger charge is 2.24. The van der Waals surface area contributed by atoms with Gasteiger partial charge in [-0.05, 0) is 39.3 Å². The average Bonchev–Trinajstić information content (AvgIpc) is 2.58. The highest BCUT2D eigenvalue weighted by Crippen LogP contribution is 2.31. The fourth-order valence-corrected chi connectivity index (χ4v) is 3.68. The molecule has 1 aromatic rings. The van der Waals surface area contributed by atoms with E-state index < -0.39 is 10.8 Å². The van der Waals surface area contributed by atoms with Crippen molar-refractivity contribution in [1.82, 2.24) is 10.6 Å². The second-order valence-electron chi connectivity index (χ2n) is 7.34. The summed E-state index contributed by atoms with van der Waals surface area (Å²) < 4.78 is 11.9. The van der Waals surface area contributed by atoms with Crippen LogP contribution in [-0.4, -0.2) is 46.2 Å². The fourth-order valence-electron chi connectivity index (χ4n) is 2.78. The van der Waals surface area contributed by atoms with Crippen LogP contribution in [0.3, 0.4) is 0 Å². The van der Waals surface area contributed by atoms with Crippen LogP contribution >= 0.6 is 0 Å². The molecule has 0 fully saturated rings. The summed E-state index contributed by atoms with van der Waals surface area (Å²) in [5.41, 5.74) is 2.00. The lowest BCUT2D eigenvalue weighted by Gasteiger charge is -2.24. The number of anilines is 1. The maximum absolute atomic E-state index is 12.1. The molecule has 2 atom stereocenters. The van der Waals surface area contributed by atoms with Crippen molar-refractivity contribution in [3.05, 3.63) is 29.8 Å². The molecular formula is C19H30N4O2S. The van der Waals surface area contributed by atoms with Crippen LogP contribution in [-0.2, 0) is 15.6 Å². The van der Waals surface area contributed by atoms with Crippen LogP contribution in [0.5, 0.6) is 0 Å². The second-order valence-corrected chi connectivity index (χ2v) is 9.67. The van der Waals surface area contributed by atoms with Crippen LogP contribution < -0.4 is 16.0 Å². The van der Waals surface area contributed by atoms with Crippen molar-refractivity contribution < 1.29 is 9.00 Å². The van der Waals surface area contributed by atoms with Crippen molar-refractivity contribution in [2.75, 3.05) is 30.7 Å². The third-order valence-electron chi connectivity index (χ3n) is 4.18. The third-order valence-corrected chi connectivity index (χ3v) is 6.12. The van der Waals surface area contributed by atoms with Gasteiger partial charge in [-0.3, -0.25) is 14.0 Å². The van der Waals surface area contributed by atoms with Crippen LogP contribution in [0.4, 0.5) is 5.69 Å². The number of hydrogen-bond acceptors (Lipinski definition) is 3. The van der Waals surface area contributed by atoms with Crippen LogP contribution in [0.2, 0.25) is 0 Å². The van der Waals surface area contributed by atoms with Gasteiger partial charge in [0.2, 0.25) is 5.91 Å². The first-order chi connectivity index (χ1) is 12.3. The predicted molar refractivity (Wildman–Crippen MR) is 109 cm³/mol. The largest absolute Gasteiger partial charge is 0.357 e. The lowest BCUT2D eigenvalue weighted by atomic mass is 9.91. The molecule has 1 aliphatic rings. The number of guanidine groups is 1. The van der Waals surface area contributed by atoms with Gasteiger partial charge in [0.1, 0.15) is 0 Å². The van der Waals surface area contributed by atoms with Crippen molar-refractivity contribution in [3.8, 4) is 0 Å². The van der Waals surface area contributed by atoms with E-state index in [9.17, 15) is 9.00 Å². The number of nitrogens with zero attached hydrogens (tertiary/aromatic N) is 1. The van der Waals surface area contributed by atoms with Crippen molar-refractivity contribution in [3.63, 3.8) is 0 Å². The molecule has 2 rings (SSSR count). The second kappa shape index (κ2) is 9.16. The van der Waals surface area contributed by atoms with Gasteiger partial charge in [0, 0.05) is 52.4 Å². The zero-order valence-corrected chi connectivity index (χ0v) is 16.9. The van der Waals surface area contributed by atoms with E-state index in [0.717, 1.165) is 17.8 Å². The molecule has 3 N–H and O–H groups in total. The Labute approximate surface area is 158 Å². The van der Waals surface area contributed by atoms with Crippen LogP contribution in [0.1, 0.15) is 45.6 Å². The molecule has 26 heavy (non-hydrogen) atoms. The predicted octanol–water partition coefficient (Wildman–Crippen LogP) is 2.21. The Balaban J connectivity index is 1.98. The number of amides is 1. The quantitative estimate of drug-likeness (QED) is 0.524. The maximum Gasteiger partial charge on any atom is 0.225 e. The number of carbonyl (C=O) groups excluding carboxylic acids is 1. The molecule has 1 heterocycles. The minimum atomic E-state index is -0.899. The summed E-state index contributed by atoms with van der Waals surface area (Å²) in [7, 11) is -0.899. The van der Waals surface area contributed by atoms with Crippen LogP contribution in [0, 0.1) is 0 Å². The van der Waals surface area contributed by atoms with Crippen molar-refractivity contribution in [2.45, 2.75) is 44.8 Å². The fraction of sp³-hybridized carbons (Fsp3) is 0.579. The molecule has 1 aliphatic heterocycles. The summed E-state index contributed by atoms with van der Waals surface area (Å²) in [4.78, 5) is 16.6. The van der Waals surface area contributed by atoms with Crippen molar-refractivity contribution >= 4 is 28.4 Å². The Morgan fingerprint density at radius 2 is 2.04 bits per heavy atom. The Bertz CT molecular complexity index is 682. The van der Waals surface area contributed by atoms with Gasteiger partial charge in [-0.1, -0.05) is 18.2 Å². The van der Waals surface area contributed by atoms with E-state index in [1.54, 1.807) is 0 Å². The molecule has 0 saturated carbocycles. The summed E-state index contributed by atoms with van der Waals surface area (Å²) in [6.07, 6.45) is 0.438. The standard InChI is InChI=1S/C19H30N4O2S/c1-5-20-18(21-10-11-26(25)19(2,3)4)22-13-14-12-17(24)23-16-9-7-6-8-15(14)16/h6-9,14H,5,10-13H2,1-4H3,(H,23,24)(H2,20,21,22). The zero-order valence-electron chi connectivity index (χ0n) is 16.1. The molecular weight excluding hydrogens is 348 g/mol. The Hall–Kier alpha value is -1.89. The number of carbonyl (C=O) groups is 1. The molecule has 144 valence electrons. The minimum Gasteiger partial charge on any atom is -0.357 e. The summed E-state index contributed by atoms with van der Waals surface area (Å²) in [6.45, 7) is 9.82. The number of rotatable bonds is 6. The number of nitrogens with one attached hydrogen (secondary N) is 3. The lowest BCUT2D eigenvalue weighted by Crippen LogP contribution is -2.40. The molecule has 0 aromatic heterocycles. The summed E-state index contributed by atoms with van der Waals surface area (Å²) in [6, 6.07) is 7.88. The molecule has 0 radical (unpaired) electrons. The first-order valence-electron chi connectivity index (χ1n) is 9.10. The Morgan fingerprint density at radius 3 is 2.73 bits per heavy atom. The van der Waals surface area contributed by atoms with E-state index in [4.69, 9.17) is 0 Å². The molecule has 1 amide bonds. The molecule has 0 saturated heterocycles. The number of para-hydroxylation sites is 1. The van der Waals surface area contributed by atoms with E-state index in [0.29, 0.717) is 31.2 Å². The van der Waals surface area contributed by atoms with Crippen molar-refractivity contribution in [2.24, 2.45) is 4.99 Å². The van der Waals surface area contributed by atoms with Gasteiger partial charge < -0.3 is 16.0 Å². The van der Waals surface area contributed by atoms with E-state index in [1.807, 2.05) is 52.0 Å². The molecule has 0 spiro atoms. The maximum atomic E-state index is 12.1. The summed E-state index contributed by atoms with van der Waals surface area (Å²) in [5, 5.41) is 9.36. The third kappa shape index (κ3) is 5.83. The first-order valence-corrected chi connectivity index (χ1v) is 10.4. The van der Waals surface area contributed by atoms with E-state index >= 15 is 0 Å². The van der Waals surface area contributed by atoms with E-state index in [2.05, 4.69) is 20.9 Å². The summed E-state index contributed by atoms with van der Waals surface area (Å²) >= 11 is 0. The average molecular weight is 379 g/mol. The molecule has 0 aliphatic carbocycles. The Kier molecular flexibility index (Phi) is 7.20. The molecule has 1 aromatic carbocycles. The first kappa shape index (κ1) is 20.4. The molecule has 0 bridgehead atoms. The van der Waals surface area contributed by atoms with E-state index in [-0.39, 0.29) is 16.6 Å². The number of aliphatic imine (C=N–C) groups is 1. The Morgan fingerprint density at radius 1 is 1.31 bits per heavy atom. The molecule has 7 heteroatoms. The SMILES string of the molecule is CCNC(=NCC1CC(=O)Nc2ccccc21)NCCS(=O)C(C)(C)C. The van der Waals surface area contributed by atoms with Crippen molar-refractivity contribution in [1.29, 1.82) is 0 Å². The highest BCUT2D eigenvalue weighted by molar-refractivity contribution is 7.86. The molecule has 6 nitrogen and oxygen atoms in total. The van der Waals surface area contributed by atoms with Gasteiger partial charge in [-0.15, -0.1) is 0 Å². The number of hydrogen-bond donors (Lipinski definition) is 3. The van der Waals surface area contributed by atoms with Gasteiger partial charge in [0.25, 0.3) is 0 Å². The minimum absolute atomic E-state index is 0.0300. The number of fused-ring (bicyclic) bond motifs is 1. The number of benzene rings is 1. The van der Waals surface area contributed by atoms with Crippen LogP contribution in [0.15, 0.2) is 29.3 Å².